The van der Waals surface area contributed by atoms with Crippen molar-refractivity contribution in [2.45, 2.75) is 0 Å². The van der Waals surface area contributed by atoms with Gasteiger partial charge in [0.1, 0.15) is 28.7 Å². The van der Waals surface area contributed by atoms with E-state index in [1.165, 1.54) is 0 Å². The molecule has 0 saturated heterocycles. The molecule has 0 bridgehead atoms. The van der Waals surface area contributed by atoms with Gasteiger partial charge in [-0.2, -0.15) is 0 Å². The number of ether oxygens (including phenoxy) is 2. The number of para-hydroxylation sites is 1. The van der Waals surface area contributed by atoms with E-state index in [2.05, 4.69) is 0 Å². The molecule has 3 rings (SSSR count). The van der Waals surface area contributed by atoms with E-state index in [9.17, 15) is 5.11 Å². The largest absolute Gasteiger partial charge is 0.508 e. The summed E-state index contributed by atoms with van der Waals surface area (Å²) in [5, 5.41) is 9.40. The predicted molar refractivity (Wildman–Crippen MR) is 81.1 cm³/mol. The van der Waals surface area contributed by atoms with Gasteiger partial charge in [-0.15, -0.1) is 0 Å². The molecule has 0 aromatic heterocycles. The number of phenolic OH excluding ortho intramolecular Hbond substituents is 1. The normalized spacial score (nSPS) is 10.1. The van der Waals surface area contributed by atoms with Gasteiger partial charge in [-0.1, -0.05) is 24.3 Å². The van der Waals surface area contributed by atoms with E-state index in [1.807, 2.05) is 54.6 Å². The Balaban J connectivity index is 1.69. The second kappa shape index (κ2) is 6.01. The van der Waals surface area contributed by atoms with Gasteiger partial charge < -0.3 is 14.6 Å². The molecule has 0 fully saturated rings. The molecular formula is C18H14O3. The summed E-state index contributed by atoms with van der Waals surface area (Å²) in [5.41, 5.74) is 0. The second-order valence-corrected chi connectivity index (χ2v) is 4.49. The Morgan fingerprint density at radius 1 is 0.524 bits per heavy atom. The van der Waals surface area contributed by atoms with Crippen molar-refractivity contribution < 1.29 is 14.6 Å². The van der Waals surface area contributed by atoms with Crippen LogP contribution in [0.2, 0.25) is 0 Å². The number of rotatable bonds is 4. The van der Waals surface area contributed by atoms with Gasteiger partial charge in [0.15, 0.2) is 0 Å². The van der Waals surface area contributed by atoms with E-state index < -0.39 is 0 Å². The zero-order valence-electron chi connectivity index (χ0n) is 11.3. The van der Waals surface area contributed by atoms with E-state index in [0.29, 0.717) is 11.5 Å². The fourth-order valence-electron chi connectivity index (χ4n) is 1.88. The van der Waals surface area contributed by atoms with Crippen molar-refractivity contribution in [3.05, 3.63) is 78.9 Å². The molecule has 0 unspecified atom stereocenters. The summed E-state index contributed by atoms with van der Waals surface area (Å²) in [7, 11) is 0. The quantitative estimate of drug-likeness (QED) is 0.731. The molecule has 3 aromatic carbocycles. The molecule has 0 saturated carbocycles. The van der Waals surface area contributed by atoms with Crippen LogP contribution in [0.5, 0.6) is 28.7 Å². The van der Waals surface area contributed by atoms with E-state index >= 15 is 0 Å². The third-order valence-corrected chi connectivity index (χ3v) is 2.86. The third kappa shape index (κ3) is 3.54. The van der Waals surface area contributed by atoms with E-state index in [0.717, 1.165) is 11.5 Å². The lowest BCUT2D eigenvalue weighted by molar-refractivity contribution is 0.452. The number of aromatic hydroxyl groups is 1. The molecule has 3 nitrogen and oxygen atoms in total. The summed E-state index contributed by atoms with van der Waals surface area (Å²) >= 11 is 0. The van der Waals surface area contributed by atoms with Crippen LogP contribution in [0.1, 0.15) is 0 Å². The number of benzene rings is 3. The highest BCUT2D eigenvalue weighted by Crippen LogP contribution is 2.27. The monoisotopic (exact) mass is 278 g/mol. The van der Waals surface area contributed by atoms with Crippen LogP contribution in [0.3, 0.4) is 0 Å². The first kappa shape index (κ1) is 13.1. The zero-order chi connectivity index (χ0) is 14.5. The molecule has 0 aliphatic heterocycles. The summed E-state index contributed by atoms with van der Waals surface area (Å²) < 4.78 is 11.4. The minimum atomic E-state index is 0.177. The Hall–Kier alpha value is -2.94. The molecule has 3 heteroatoms. The van der Waals surface area contributed by atoms with Crippen LogP contribution in [0.4, 0.5) is 0 Å². The van der Waals surface area contributed by atoms with Crippen molar-refractivity contribution in [1.82, 2.24) is 0 Å². The van der Waals surface area contributed by atoms with Crippen molar-refractivity contribution in [2.75, 3.05) is 0 Å². The fraction of sp³-hybridized carbons (Fsp3) is 0. The summed E-state index contributed by atoms with van der Waals surface area (Å²) in [5.74, 6) is 2.98. The van der Waals surface area contributed by atoms with Gasteiger partial charge in [-0.3, -0.25) is 0 Å². The Kier molecular flexibility index (Phi) is 3.74. The lowest BCUT2D eigenvalue weighted by Gasteiger charge is -2.08. The van der Waals surface area contributed by atoms with Crippen LogP contribution in [-0.2, 0) is 0 Å². The average Bonchev–Trinajstić information content (AvgIpc) is 2.50. The third-order valence-electron chi connectivity index (χ3n) is 2.86. The zero-order valence-corrected chi connectivity index (χ0v) is 11.3. The molecule has 104 valence electrons. The molecule has 0 radical (unpaired) electrons. The van der Waals surface area contributed by atoms with Crippen LogP contribution >= 0.6 is 0 Å². The van der Waals surface area contributed by atoms with Gasteiger partial charge in [-0.25, -0.2) is 0 Å². The van der Waals surface area contributed by atoms with Crippen molar-refractivity contribution in [2.24, 2.45) is 0 Å². The van der Waals surface area contributed by atoms with Crippen LogP contribution < -0.4 is 9.47 Å². The smallest absolute Gasteiger partial charge is 0.131 e. The predicted octanol–water partition coefficient (Wildman–Crippen LogP) is 4.98. The highest BCUT2D eigenvalue weighted by Gasteiger charge is 2.00. The molecule has 21 heavy (non-hydrogen) atoms. The highest BCUT2D eigenvalue weighted by atomic mass is 16.5. The molecule has 0 amide bonds. The SMILES string of the molecule is Oc1cccc(Oc2ccc(Oc3ccccc3)cc2)c1. The Morgan fingerprint density at radius 2 is 1.05 bits per heavy atom. The summed E-state index contributed by atoms with van der Waals surface area (Å²) in [6, 6.07) is 23.6. The average molecular weight is 278 g/mol. The Bertz CT molecular complexity index is 706. The maximum atomic E-state index is 9.40. The molecule has 3 aromatic rings. The van der Waals surface area contributed by atoms with Crippen LogP contribution in [0, 0.1) is 0 Å². The first-order chi connectivity index (χ1) is 10.3. The number of phenols is 1. The molecule has 1 N–H and O–H groups in total. The standard InChI is InChI=1S/C18H14O3/c19-14-5-4-8-18(13-14)21-17-11-9-16(10-12-17)20-15-6-2-1-3-7-15/h1-13,19H. The van der Waals surface area contributed by atoms with Gasteiger partial charge >= 0.3 is 0 Å². The van der Waals surface area contributed by atoms with Crippen LogP contribution in [0.15, 0.2) is 78.9 Å². The van der Waals surface area contributed by atoms with Crippen molar-refractivity contribution >= 4 is 0 Å². The van der Waals surface area contributed by atoms with Crippen LogP contribution in [-0.4, -0.2) is 5.11 Å². The summed E-state index contributed by atoms with van der Waals surface area (Å²) in [6.45, 7) is 0. The highest BCUT2D eigenvalue weighted by molar-refractivity contribution is 5.39. The lowest BCUT2D eigenvalue weighted by Crippen LogP contribution is -1.86. The van der Waals surface area contributed by atoms with Gasteiger partial charge in [0, 0.05) is 6.07 Å². The fourth-order valence-corrected chi connectivity index (χ4v) is 1.88. The number of hydrogen-bond acceptors (Lipinski definition) is 3. The van der Waals surface area contributed by atoms with E-state index in [1.54, 1.807) is 24.3 Å². The second-order valence-electron chi connectivity index (χ2n) is 4.49. The van der Waals surface area contributed by atoms with E-state index in [4.69, 9.17) is 9.47 Å². The first-order valence-electron chi connectivity index (χ1n) is 6.59. The minimum absolute atomic E-state index is 0.177. The molecule has 0 heterocycles. The lowest BCUT2D eigenvalue weighted by atomic mass is 10.3. The maximum Gasteiger partial charge on any atom is 0.131 e. The Morgan fingerprint density at radius 3 is 1.67 bits per heavy atom. The summed E-state index contributed by atoms with van der Waals surface area (Å²) in [6.07, 6.45) is 0. The molecule has 0 spiro atoms. The van der Waals surface area contributed by atoms with Crippen molar-refractivity contribution in [1.29, 1.82) is 0 Å². The van der Waals surface area contributed by atoms with Crippen molar-refractivity contribution in [3.63, 3.8) is 0 Å². The molecular weight excluding hydrogens is 264 g/mol. The van der Waals surface area contributed by atoms with Gasteiger partial charge in [0.2, 0.25) is 0 Å². The van der Waals surface area contributed by atoms with Gasteiger partial charge in [0.05, 0.1) is 0 Å². The van der Waals surface area contributed by atoms with Gasteiger partial charge in [0.25, 0.3) is 0 Å². The molecule has 0 atom stereocenters. The van der Waals surface area contributed by atoms with Crippen molar-refractivity contribution in [3.8, 4) is 28.7 Å². The summed E-state index contributed by atoms with van der Waals surface area (Å²) in [4.78, 5) is 0. The maximum absolute atomic E-state index is 9.40. The molecule has 0 aliphatic carbocycles. The Labute approximate surface area is 123 Å². The number of hydrogen-bond donors (Lipinski definition) is 1. The van der Waals surface area contributed by atoms with E-state index in [-0.39, 0.29) is 5.75 Å². The minimum Gasteiger partial charge on any atom is -0.508 e. The van der Waals surface area contributed by atoms with Crippen LogP contribution in [0.25, 0.3) is 0 Å². The molecule has 0 aliphatic rings. The topological polar surface area (TPSA) is 38.7 Å². The van der Waals surface area contributed by atoms with Gasteiger partial charge in [-0.05, 0) is 48.5 Å². The first-order valence-corrected chi connectivity index (χ1v) is 6.59.